The Labute approximate surface area is 140 Å². The summed E-state index contributed by atoms with van der Waals surface area (Å²) in [6.45, 7) is 7.09. The van der Waals surface area contributed by atoms with Crippen molar-refractivity contribution in [1.29, 1.82) is 0 Å². The van der Waals surface area contributed by atoms with Crippen LogP contribution in [-0.4, -0.2) is 47.9 Å². The van der Waals surface area contributed by atoms with E-state index in [4.69, 9.17) is 0 Å². The van der Waals surface area contributed by atoms with Gasteiger partial charge in [-0.25, -0.2) is 4.79 Å². The lowest BCUT2D eigenvalue weighted by atomic mass is 9.91. The molecule has 0 radical (unpaired) electrons. The second kappa shape index (κ2) is 5.90. The molecule has 3 rings (SSSR count). The van der Waals surface area contributed by atoms with Crippen molar-refractivity contribution < 1.29 is 14.4 Å². The lowest BCUT2D eigenvalue weighted by Gasteiger charge is -2.36. The van der Waals surface area contributed by atoms with E-state index in [2.05, 4.69) is 29.8 Å². The molecule has 128 valence electrons. The van der Waals surface area contributed by atoms with Gasteiger partial charge in [0.15, 0.2) is 0 Å². The number of rotatable bonds is 2. The first-order valence-electron chi connectivity index (χ1n) is 8.09. The highest BCUT2D eigenvalue weighted by molar-refractivity contribution is 6.07. The van der Waals surface area contributed by atoms with Gasteiger partial charge in [-0.15, -0.1) is 0 Å². The number of piperazine rings is 1. The van der Waals surface area contributed by atoms with Crippen molar-refractivity contribution in [3.63, 3.8) is 0 Å². The molecule has 3 N–H and O–H groups in total. The summed E-state index contributed by atoms with van der Waals surface area (Å²) in [5, 5.41) is 8.25. The molecule has 7 heteroatoms. The van der Waals surface area contributed by atoms with Crippen molar-refractivity contribution in [1.82, 2.24) is 20.9 Å². The molecular formula is C17H22N4O3. The van der Waals surface area contributed by atoms with E-state index in [1.54, 1.807) is 31.2 Å². The van der Waals surface area contributed by atoms with E-state index in [0.717, 1.165) is 0 Å². The number of carbonyl (C=O) groups excluding carboxylic acids is 3. The highest BCUT2D eigenvalue weighted by Gasteiger charge is 2.43. The van der Waals surface area contributed by atoms with Crippen molar-refractivity contribution in [2.24, 2.45) is 0 Å². The molecule has 3 atom stereocenters. The fraction of sp³-hybridized carbons (Fsp3) is 0.471. The molecule has 2 heterocycles. The van der Waals surface area contributed by atoms with E-state index in [1.165, 1.54) is 0 Å². The Morgan fingerprint density at radius 1 is 1.12 bits per heavy atom. The first-order chi connectivity index (χ1) is 11.3. The smallest absolute Gasteiger partial charge is 0.322 e. The van der Waals surface area contributed by atoms with Gasteiger partial charge in [0, 0.05) is 30.7 Å². The molecule has 2 aliphatic rings. The van der Waals surface area contributed by atoms with E-state index in [9.17, 15) is 14.4 Å². The van der Waals surface area contributed by atoms with Crippen LogP contribution in [0.25, 0.3) is 0 Å². The summed E-state index contributed by atoms with van der Waals surface area (Å²) < 4.78 is 0. The summed E-state index contributed by atoms with van der Waals surface area (Å²) in [4.78, 5) is 37.9. The summed E-state index contributed by atoms with van der Waals surface area (Å²) in [5.41, 5.74) is 0.120. The van der Waals surface area contributed by atoms with Gasteiger partial charge >= 0.3 is 6.03 Å². The summed E-state index contributed by atoms with van der Waals surface area (Å²) in [6, 6.07) is 6.85. The van der Waals surface area contributed by atoms with Gasteiger partial charge in [0.1, 0.15) is 5.54 Å². The van der Waals surface area contributed by atoms with Crippen LogP contribution < -0.4 is 16.0 Å². The van der Waals surface area contributed by atoms with E-state index < -0.39 is 17.5 Å². The van der Waals surface area contributed by atoms with Crippen LogP contribution in [-0.2, 0) is 10.3 Å². The molecule has 2 aliphatic heterocycles. The highest BCUT2D eigenvalue weighted by atomic mass is 16.2. The van der Waals surface area contributed by atoms with E-state index in [1.807, 2.05) is 4.90 Å². The number of imide groups is 1. The number of nitrogens with zero attached hydrogens (tertiary/aromatic N) is 1. The minimum atomic E-state index is -1.10. The molecule has 0 saturated carbocycles. The summed E-state index contributed by atoms with van der Waals surface area (Å²) in [5.74, 6) is -0.414. The second-order valence-corrected chi connectivity index (χ2v) is 6.79. The number of nitrogens with one attached hydrogen (secondary N) is 3. The van der Waals surface area contributed by atoms with Crippen LogP contribution in [0, 0.1) is 0 Å². The average Bonchev–Trinajstić information content (AvgIpc) is 2.79. The van der Waals surface area contributed by atoms with Gasteiger partial charge in [-0.2, -0.15) is 0 Å². The molecular weight excluding hydrogens is 308 g/mol. The number of hydrogen-bond donors (Lipinski definition) is 3. The van der Waals surface area contributed by atoms with Gasteiger partial charge in [-0.05, 0) is 38.5 Å². The monoisotopic (exact) mass is 330 g/mol. The average molecular weight is 330 g/mol. The fourth-order valence-corrected chi connectivity index (χ4v) is 3.37. The largest absolute Gasteiger partial charge is 0.336 e. The summed E-state index contributed by atoms with van der Waals surface area (Å²) in [7, 11) is 0. The Morgan fingerprint density at radius 2 is 1.71 bits per heavy atom. The topological polar surface area (TPSA) is 90.5 Å². The maximum Gasteiger partial charge on any atom is 0.322 e. The van der Waals surface area contributed by atoms with Gasteiger partial charge in [0.2, 0.25) is 0 Å². The maximum absolute atomic E-state index is 12.7. The van der Waals surface area contributed by atoms with Crippen LogP contribution in [0.3, 0.4) is 0 Å². The fourth-order valence-electron chi connectivity index (χ4n) is 3.37. The molecule has 2 saturated heterocycles. The quantitative estimate of drug-likeness (QED) is 0.691. The molecule has 3 unspecified atom stereocenters. The van der Waals surface area contributed by atoms with Gasteiger partial charge in [-0.3, -0.25) is 14.9 Å². The summed E-state index contributed by atoms with van der Waals surface area (Å²) >= 11 is 0. The van der Waals surface area contributed by atoms with Crippen molar-refractivity contribution in [3.8, 4) is 0 Å². The highest BCUT2D eigenvalue weighted by Crippen LogP contribution is 2.25. The Bertz CT molecular complexity index is 678. The Hall–Kier alpha value is -2.41. The molecule has 0 aliphatic carbocycles. The Morgan fingerprint density at radius 3 is 2.21 bits per heavy atom. The van der Waals surface area contributed by atoms with Gasteiger partial charge in [0.25, 0.3) is 11.8 Å². The number of amides is 4. The molecule has 1 aromatic carbocycles. The van der Waals surface area contributed by atoms with Gasteiger partial charge in [-0.1, -0.05) is 12.1 Å². The van der Waals surface area contributed by atoms with E-state index >= 15 is 0 Å². The normalized spacial score (nSPS) is 30.0. The van der Waals surface area contributed by atoms with Gasteiger partial charge in [0.05, 0.1) is 0 Å². The number of benzene rings is 1. The Balaban J connectivity index is 1.78. The van der Waals surface area contributed by atoms with Crippen molar-refractivity contribution in [3.05, 3.63) is 35.4 Å². The van der Waals surface area contributed by atoms with Crippen LogP contribution in [0.4, 0.5) is 4.79 Å². The Kier molecular flexibility index (Phi) is 4.04. The zero-order valence-electron chi connectivity index (χ0n) is 14.1. The minimum Gasteiger partial charge on any atom is -0.336 e. The number of hydrogen-bond acceptors (Lipinski definition) is 4. The third-order valence-electron chi connectivity index (χ3n) is 4.60. The lowest BCUT2D eigenvalue weighted by molar-refractivity contribution is -0.123. The maximum atomic E-state index is 12.7. The van der Waals surface area contributed by atoms with Crippen molar-refractivity contribution >= 4 is 17.8 Å². The lowest BCUT2D eigenvalue weighted by Crippen LogP contribution is -2.55. The predicted molar refractivity (Wildman–Crippen MR) is 88.4 cm³/mol. The molecule has 1 aromatic rings. The number of carbonyl (C=O) groups is 3. The first-order valence-corrected chi connectivity index (χ1v) is 8.09. The van der Waals surface area contributed by atoms with Crippen LogP contribution >= 0.6 is 0 Å². The molecule has 7 nitrogen and oxygen atoms in total. The molecule has 2 fully saturated rings. The molecule has 4 amide bonds. The van der Waals surface area contributed by atoms with Crippen LogP contribution in [0.2, 0.25) is 0 Å². The molecule has 24 heavy (non-hydrogen) atoms. The third kappa shape index (κ3) is 2.87. The summed E-state index contributed by atoms with van der Waals surface area (Å²) in [6.07, 6.45) is 0. The van der Waals surface area contributed by atoms with E-state index in [0.29, 0.717) is 24.2 Å². The zero-order chi connectivity index (χ0) is 17.5. The van der Waals surface area contributed by atoms with Crippen molar-refractivity contribution in [2.45, 2.75) is 38.4 Å². The SMILES string of the molecule is CC1CN(C(=O)c2ccc(C3(C)NC(=O)NC3=O)cc2)CC(C)N1. The second-order valence-electron chi connectivity index (χ2n) is 6.79. The zero-order valence-corrected chi connectivity index (χ0v) is 14.1. The van der Waals surface area contributed by atoms with Crippen LogP contribution in [0.5, 0.6) is 0 Å². The third-order valence-corrected chi connectivity index (χ3v) is 4.60. The van der Waals surface area contributed by atoms with Crippen LogP contribution in [0.15, 0.2) is 24.3 Å². The predicted octanol–water partition coefficient (Wildman–Crippen LogP) is 0.564. The van der Waals surface area contributed by atoms with E-state index in [-0.39, 0.29) is 18.0 Å². The molecule has 0 spiro atoms. The van der Waals surface area contributed by atoms with Crippen molar-refractivity contribution in [2.75, 3.05) is 13.1 Å². The first kappa shape index (κ1) is 16.4. The molecule has 0 aromatic heterocycles. The standard InChI is InChI=1S/C17H22N4O3/c1-10-8-21(9-11(2)18-10)14(22)12-4-6-13(7-5-12)17(3)15(23)19-16(24)20-17/h4-7,10-11,18H,8-9H2,1-3H3,(H2,19,20,23,24). The molecule has 0 bridgehead atoms. The minimum absolute atomic E-state index is 0.0215. The van der Waals surface area contributed by atoms with Crippen LogP contribution in [0.1, 0.15) is 36.7 Å². The number of urea groups is 1. The van der Waals surface area contributed by atoms with Gasteiger partial charge < -0.3 is 15.5 Å².